The third-order valence-electron chi connectivity index (χ3n) is 3.31. The minimum atomic E-state index is -0.360. The van der Waals surface area contributed by atoms with Crippen molar-refractivity contribution in [1.29, 1.82) is 0 Å². The second kappa shape index (κ2) is 5.84. The number of carbonyl (C=O) groups excluding carboxylic acids is 1. The maximum Gasteiger partial charge on any atom is 0.253 e. The van der Waals surface area contributed by atoms with Crippen LogP contribution in [-0.4, -0.2) is 32.1 Å². The number of ether oxygens (including phenoxy) is 1. The summed E-state index contributed by atoms with van der Waals surface area (Å²) < 4.78 is 4.93. The largest absolute Gasteiger partial charge is 0.383 e. The monoisotopic (exact) mass is 261 g/mol. The minimum Gasteiger partial charge on any atom is -0.383 e. The van der Waals surface area contributed by atoms with E-state index in [-0.39, 0.29) is 11.9 Å². The molecule has 1 unspecified atom stereocenters. The van der Waals surface area contributed by atoms with Gasteiger partial charge in [0, 0.05) is 7.11 Å². The van der Waals surface area contributed by atoms with E-state index in [1.54, 1.807) is 7.11 Å². The molecule has 102 valence electrons. The first-order chi connectivity index (χ1) is 9.13. The maximum atomic E-state index is 12.0. The summed E-state index contributed by atoms with van der Waals surface area (Å²) in [6.07, 6.45) is 0. The van der Waals surface area contributed by atoms with Crippen LogP contribution in [0.3, 0.4) is 0 Å². The van der Waals surface area contributed by atoms with E-state index in [9.17, 15) is 4.79 Å². The second-order valence-corrected chi connectivity index (χ2v) is 4.58. The van der Waals surface area contributed by atoms with Gasteiger partial charge in [-0.15, -0.1) is 0 Å². The Morgan fingerprint density at radius 1 is 1.37 bits per heavy atom. The van der Waals surface area contributed by atoms with Crippen LogP contribution in [0.5, 0.6) is 0 Å². The molecule has 0 radical (unpaired) electrons. The molecule has 0 spiro atoms. The molecule has 0 bridgehead atoms. The van der Waals surface area contributed by atoms with E-state index in [4.69, 9.17) is 4.74 Å². The maximum absolute atomic E-state index is 12.0. The Morgan fingerprint density at radius 2 is 2.16 bits per heavy atom. The fourth-order valence-electron chi connectivity index (χ4n) is 2.07. The van der Waals surface area contributed by atoms with Crippen LogP contribution >= 0.6 is 0 Å². The van der Waals surface area contributed by atoms with E-state index < -0.39 is 0 Å². The lowest BCUT2D eigenvalue weighted by molar-refractivity contribution is -0.120. The summed E-state index contributed by atoms with van der Waals surface area (Å²) in [4.78, 5) is 16.2. The van der Waals surface area contributed by atoms with Crippen molar-refractivity contribution in [2.24, 2.45) is 4.99 Å². The highest BCUT2D eigenvalue weighted by Crippen LogP contribution is 2.22. The topological polar surface area (TPSA) is 62.7 Å². The molecule has 1 aromatic rings. The molecule has 19 heavy (non-hydrogen) atoms. The van der Waals surface area contributed by atoms with Gasteiger partial charge in [0.05, 0.1) is 13.2 Å². The van der Waals surface area contributed by atoms with Gasteiger partial charge in [-0.2, -0.15) is 0 Å². The average Bonchev–Trinajstić information content (AvgIpc) is 2.74. The van der Waals surface area contributed by atoms with Crippen LogP contribution in [0.15, 0.2) is 23.2 Å². The summed E-state index contributed by atoms with van der Waals surface area (Å²) >= 11 is 0. The summed E-state index contributed by atoms with van der Waals surface area (Å²) in [5, 5.41) is 5.87. The van der Waals surface area contributed by atoms with Crippen LogP contribution in [0.25, 0.3) is 0 Å². The minimum absolute atomic E-state index is 0.0649. The highest BCUT2D eigenvalue weighted by atomic mass is 16.5. The van der Waals surface area contributed by atoms with Gasteiger partial charge in [0.25, 0.3) is 5.91 Å². The highest BCUT2D eigenvalue weighted by Gasteiger charge is 2.30. The number of benzene rings is 1. The average molecular weight is 261 g/mol. The van der Waals surface area contributed by atoms with Gasteiger partial charge in [0.2, 0.25) is 0 Å². The number of nitrogens with zero attached hydrogens (tertiary/aromatic N) is 1. The number of hydrogen-bond acceptors (Lipinski definition) is 3. The number of guanidine groups is 1. The zero-order valence-corrected chi connectivity index (χ0v) is 11.5. The Morgan fingerprint density at radius 3 is 2.89 bits per heavy atom. The lowest BCUT2D eigenvalue weighted by atomic mass is 9.98. The number of methoxy groups -OCH3 is 1. The second-order valence-electron chi connectivity index (χ2n) is 4.58. The molecule has 1 atom stereocenters. The molecule has 5 heteroatoms. The molecule has 1 aromatic carbocycles. The van der Waals surface area contributed by atoms with Gasteiger partial charge in [-0.3, -0.25) is 15.1 Å². The lowest BCUT2D eigenvalue weighted by Crippen LogP contribution is -2.26. The predicted octanol–water partition coefficient (Wildman–Crippen LogP) is 1.07. The first-order valence-electron chi connectivity index (χ1n) is 6.30. The Balaban J connectivity index is 2.16. The van der Waals surface area contributed by atoms with Gasteiger partial charge in [0.15, 0.2) is 5.96 Å². The quantitative estimate of drug-likeness (QED) is 0.797. The Hall–Kier alpha value is -1.88. The first kappa shape index (κ1) is 13.5. The van der Waals surface area contributed by atoms with E-state index in [0.29, 0.717) is 19.1 Å². The van der Waals surface area contributed by atoms with E-state index in [0.717, 1.165) is 11.1 Å². The van der Waals surface area contributed by atoms with Crippen molar-refractivity contribution in [3.05, 3.63) is 34.9 Å². The van der Waals surface area contributed by atoms with Crippen LogP contribution in [0, 0.1) is 13.8 Å². The summed E-state index contributed by atoms with van der Waals surface area (Å²) in [5.74, 6) is 0.456. The Bertz CT molecular complexity index is 511. The summed E-state index contributed by atoms with van der Waals surface area (Å²) in [7, 11) is 1.62. The lowest BCUT2D eigenvalue weighted by Gasteiger charge is -2.13. The standard InChI is InChI=1S/C14H19N3O2/c1-9-5-4-6-11(10(9)2)12-13(18)17-14(16-12)15-7-8-19-3/h4-6,12H,7-8H2,1-3H3,(H2,15,16,17,18). The third kappa shape index (κ3) is 2.93. The summed E-state index contributed by atoms with van der Waals surface area (Å²) in [6, 6.07) is 5.62. The van der Waals surface area contributed by atoms with Crippen molar-refractivity contribution < 1.29 is 9.53 Å². The number of amides is 1. The van der Waals surface area contributed by atoms with Gasteiger partial charge in [0.1, 0.15) is 6.04 Å². The van der Waals surface area contributed by atoms with Crippen LogP contribution in [0.1, 0.15) is 22.7 Å². The number of nitrogens with one attached hydrogen (secondary N) is 2. The molecule has 1 aliphatic rings. The van der Waals surface area contributed by atoms with Gasteiger partial charge in [-0.05, 0) is 30.5 Å². The van der Waals surface area contributed by atoms with E-state index >= 15 is 0 Å². The molecular weight excluding hydrogens is 242 g/mol. The molecule has 1 aliphatic heterocycles. The fraction of sp³-hybridized carbons (Fsp3) is 0.429. The van der Waals surface area contributed by atoms with Crippen molar-refractivity contribution in [1.82, 2.24) is 10.6 Å². The summed E-state index contributed by atoms with van der Waals surface area (Å²) in [6.45, 7) is 5.13. The van der Waals surface area contributed by atoms with Crippen LogP contribution < -0.4 is 10.6 Å². The predicted molar refractivity (Wildman–Crippen MR) is 74.1 cm³/mol. The molecule has 5 nitrogen and oxygen atoms in total. The normalized spacial score (nSPS) is 20.5. The molecule has 2 N–H and O–H groups in total. The molecule has 0 aliphatic carbocycles. The molecule has 1 heterocycles. The van der Waals surface area contributed by atoms with Crippen LogP contribution in [0.4, 0.5) is 0 Å². The van der Waals surface area contributed by atoms with Gasteiger partial charge in [-0.25, -0.2) is 0 Å². The van der Waals surface area contributed by atoms with E-state index in [2.05, 4.69) is 15.6 Å². The smallest absolute Gasteiger partial charge is 0.253 e. The van der Waals surface area contributed by atoms with Crippen molar-refractivity contribution in [2.75, 3.05) is 20.3 Å². The molecule has 0 saturated carbocycles. The van der Waals surface area contributed by atoms with Crippen molar-refractivity contribution in [3.8, 4) is 0 Å². The number of aryl methyl sites for hydroxylation is 1. The first-order valence-corrected chi connectivity index (χ1v) is 6.30. The zero-order valence-electron chi connectivity index (χ0n) is 11.5. The van der Waals surface area contributed by atoms with Gasteiger partial charge >= 0.3 is 0 Å². The molecule has 2 rings (SSSR count). The molecule has 1 fully saturated rings. The van der Waals surface area contributed by atoms with E-state index in [1.165, 1.54) is 5.56 Å². The third-order valence-corrected chi connectivity index (χ3v) is 3.31. The summed E-state index contributed by atoms with van der Waals surface area (Å²) in [5.41, 5.74) is 3.31. The van der Waals surface area contributed by atoms with Gasteiger partial charge in [-0.1, -0.05) is 18.2 Å². The molecule has 1 saturated heterocycles. The molecule has 1 amide bonds. The Labute approximate surface area is 113 Å². The van der Waals surface area contributed by atoms with Crippen molar-refractivity contribution in [3.63, 3.8) is 0 Å². The highest BCUT2D eigenvalue weighted by molar-refractivity contribution is 6.06. The number of rotatable bonds is 4. The van der Waals surface area contributed by atoms with Gasteiger partial charge < -0.3 is 10.1 Å². The number of carbonyl (C=O) groups is 1. The Kier molecular flexibility index (Phi) is 4.16. The zero-order chi connectivity index (χ0) is 13.8. The number of hydrogen-bond donors (Lipinski definition) is 2. The fourth-order valence-corrected chi connectivity index (χ4v) is 2.07. The molecule has 0 aromatic heterocycles. The van der Waals surface area contributed by atoms with Crippen molar-refractivity contribution in [2.45, 2.75) is 19.9 Å². The van der Waals surface area contributed by atoms with E-state index in [1.807, 2.05) is 32.0 Å². The SMILES string of the molecule is COCCN=C1NC(=O)C(c2cccc(C)c2C)N1. The van der Waals surface area contributed by atoms with Crippen LogP contribution in [-0.2, 0) is 9.53 Å². The number of aliphatic imine (C=N–C) groups is 1. The van der Waals surface area contributed by atoms with Crippen LogP contribution in [0.2, 0.25) is 0 Å². The molecular formula is C14H19N3O2. The van der Waals surface area contributed by atoms with Crippen molar-refractivity contribution >= 4 is 11.9 Å².